The molecular formula is C21H30F2. The summed E-state index contributed by atoms with van der Waals surface area (Å²) in [5.74, 6) is 2.26. The molecule has 0 aliphatic heterocycles. The monoisotopic (exact) mass is 320 g/mol. The summed E-state index contributed by atoms with van der Waals surface area (Å²) in [7, 11) is 0. The van der Waals surface area contributed by atoms with Crippen molar-refractivity contribution < 1.29 is 8.78 Å². The molecule has 2 aliphatic rings. The van der Waals surface area contributed by atoms with Gasteiger partial charge in [0.05, 0.1) is 0 Å². The van der Waals surface area contributed by atoms with Crippen LogP contribution < -0.4 is 0 Å². The highest BCUT2D eigenvalue weighted by Crippen LogP contribution is 2.46. The molecule has 2 heteroatoms. The number of rotatable bonds is 3. The topological polar surface area (TPSA) is 0 Å². The standard InChI is InChI=1S/C21H30F2/c1-3-15-4-6-16(7-5-15)17-8-10-19(14(2)12-17)18-9-11-20(22)21(23)13-18/h9,11,13-17,19H,3-8,10,12H2,1-2H3. The number of hydrogen-bond donors (Lipinski definition) is 0. The molecule has 2 aliphatic carbocycles. The zero-order chi connectivity index (χ0) is 16.4. The van der Waals surface area contributed by atoms with Crippen molar-refractivity contribution in [3.8, 4) is 0 Å². The predicted octanol–water partition coefficient (Wildman–Crippen LogP) is 6.70. The summed E-state index contributed by atoms with van der Waals surface area (Å²) in [5, 5.41) is 0. The molecule has 0 N–H and O–H groups in total. The Hall–Kier alpha value is -0.920. The molecule has 1 aromatic carbocycles. The largest absolute Gasteiger partial charge is 0.204 e. The molecule has 23 heavy (non-hydrogen) atoms. The van der Waals surface area contributed by atoms with E-state index in [4.69, 9.17) is 0 Å². The second-order valence-corrected chi connectivity index (χ2v) is 8.02. The second-order valence-electron chi connectivity index (χ2n) is 8.02. The van der Waals surface area contributed by atoms with Gasteiger partial charge in [0.15, 0.2) is 11.6 Å². The van der Waals surface area contributed by atoms with E-state index in [1.54, 1.807) is 6.07 Å². The van der Waals surface area contributed by atoms with Gasteiger partial charge in [-0.1, -0.05) is 39.2 Å². The van der Waals surface area contributed by atoms with Crippen molar-refractivity contribution in [2.45, 2.75) is 71.1 Å². The summed E-state index contributed by atoms with van der Waals surface area (Å²) in [6.45, 7) is 4.62. The van der Waals surface area contributed by atoms with Gasteiger partial charge >= 0.3 is 0 Å². The summed E-state index contributed by atoms with van der Waals surface area (Å²) in [5.41, 5.74) is 0.990. The Balaban J connectivity index is 1.60. The Morgan fingerprint density at radius 2 is 1.61 bits per heavy atom. The van der Waals surface area contributed by atoms with Crippen LogP contribution in [0.4, 0.5) is 8.78 Å². The van der Waals surface area contributed by atoms with Gasteiger partial charge in [-0.05, 0) is 79.4 Å². The van der Waals surface area contributed by atoms with Crippen LogP contribution in [0, 0.1) is 35.3 Å². The molecule has 0 nitrogen and oxygen atoms in total. The summed E-state index contributed by atoms with van der Waals surface area (Å²) < 4.78 is 26.7. The first-order valence-electron chi connectivity index (χ1n) is 9.53. The van der Waals surface area contributed by atoms with E-state index in [9.17, 15) is 8.78 Å². The molecule has 3 unspecified atom stereocenters. The fourth-order valence-corrected chi connectivity index (χ4v) is 5.17. The maximum absolute atomic E-state index is 13.5. The van der Waals surface area contributed by atoms with Gasteiger partial charge in [-0.2, -0.15) is 0 Å². The van der Waals surface area contributed by atoms with E-state index >= 15 is 0 Å². The minimum absolute atomic E-state index is 0.397. The van der Waals surface area contributed by atoms with Crippen LogP contribution in [0.1, 0.15) is 76.7 Å². The average molecular weight is 320 g/mol. The molecule has 0 saturated heterocycles. The van der Waals surface area contributed by atoms with Gasteiger partial charge in [0, 0.05) is 0 Å². The third-order valence-electron chi connectivity index (χ3n) is 6.72. The van der Waals surface area contributed by atoms with E-state index in [2.05, 4.69) is 13.8 Å². The molecular weight excluding hydrogens is 290 g/mol. The highest BCUT2D eigenvalue weighted by atomic mass is 19.2. The Morgan fingerprint density at radius 3 is 2.22 bits per heavy atom. The zero-order valence-electron chi connectivity index (χ0n) is 14.5. The van der Waals surface area contributed by atoms with Crippen molar-refractivity contribution >= 4 is 0 Å². The van der Waals surface area contributed by atoms with Crippen LogP contribution in [0.25, 0.3) is 0 Å². The third-order valence-corrected chi connectivity index (χ3v) is 6.72. The number of hydrogen-bond acceptors (Lipinski definition) is 0. The Bertz CT molecular complexity index is 517. The lowest BCUT2D eigenvalue weighted by molar-refractivity contribution is 0.132. The lowest BCUT2D eigenvalue weighted by Crippen LogP contribution is -2.29. The van der Waals surface area contributed by atoms with E-state index in [1.165, 1.54) is 57.1 Å². The first-order chi connectivity index (χ1) is 11.1. The van der Waals surface area contributed by atoms with Gasteiger partial charge in [0.1, 0.15) is 0 Å². The van der Waals surface area contributed by atoms with Gasteiger partial charge in [0.2, 0.25) is 0 Å². The second kappa shape index (κ2) is 7.32. The summed E-state index contributed by atoms with van der Waals surface area (Å²) in [4.78, 5) is 0. The summed E-state index contributed by atoms with van der Waals surface area (Å²) in [6, 6.07) is 4.49. The fourth-order valence-electron chi connectivity index (χ4n) is 5.17. The van der Waals surface area contributed by atoms with Crippen LogP contribution >= 0.6 is 0 Å². The Morgan fingerprint density at radius 1 is 0.913 bits per heavy atom. The third kappa shape index (κ3) is 3.78. The molecule has 0 bridgehead atoms. The summed E-state index contributed by atoms with van der Waals surface area (Å²) >= 11 is 0. The van der Waals surface area contributed by atoms with Crippen LogP contribution in [0.3, 0.4) is 0 Å². The quantitative estimate of drug-likeness (QED) is 0.581. The summed E-state index contributed by atoms with van der Waals surface area (Å²) in [6.07, 6.45) is 10.6. The van der Waals surface area contributed by atoms with E-state index in [0.29, 0.717) is 11.8 Å². The molecule has 2 saturated carbocycles. The number of benzene rings is 1. The van der Waals surface area contributed by atoms with Crippen LogP contribution in [-0.2, 0) is 0 Å². The van der Waals surface area contributed by atoms with Gasteiger partial charge in [-0.25, -0.2) is 8.78 Å². The van der Waals surface area contributed by atoms with Crippen LogP contribution in [0.15, 0.2) is 18.2 Å². The Labute approximate surface area is 139 Å². The number of halogens is 2. The highest BCUT2D eigenvalue weighted by Gasteiger charge is 2.34. The van der Waals surface area contributed by atoms with Crippen LogP contribution in [0.5, 0.6) is 0 Å². The van der Waals surface area contributed by atoms with E-state index in [1.807, 2.05) is 0 Å². The predicted molar refractivity (Wildman–Crippen MR) is 91.3 cm³/mol. The zero-order valence-corrected chi connectivity index (χ0v) is 14.5. The van der Waals surface area contributed by atoms with Crippen LogP contribution in [0.2, 0.25) is 0 Å². The lowest BCUT2D eigenvalue weighted by atomic mass is 9.65. The van der Waals surface area contributed by atoms with Gasteiger partial charge in [-0.3, -0.25) is 0 Å². The molecule has 0 heterocycles. The van der Waals surface area contributed by atoms with Crippen molar-refractivity contribution in [1.29, 1.82) is 0 Å². The van der Waals surface area contributed by atoms with Crippen molar-refractivity contribution in [1.82, 2.24) is 0 Å². The fraction of sp³-hybridized carbons (Fsp3) is 0.714. The molecule has 0 aromatic heterocycles. The molecule has 0 radical (unpaired) electrons. The van der Waals surface area contributed by atoms with E-state index in [-0.39, 0.29) is 0 Å². The average Bonchev–Trinajstić information content (AvgIpc) is 2.57. The maximum Gasteiger partial charge on any atom is 0.159 e. The van der Waals surface area contributed by atoms with Crippen LogP contribution in [-0.4, -0.2) is 0 Å². The van der Waals surface area contributed by atoms with Gasteiger partial charge in [-0.15, -0.1) is 0 Å². The molecule has 3 rings (SSSR count). The van der Waals surface area contributed by atoms with Crippen molar-refractivity contribution in [3.63, 3.8) is 0 Å². The van der Waals surface area contributed by atoms with Gasteiger partial charge < -0.3 is 0 Å². The molecule has 0 amide bonds. The van der Waals surface area contributed by atoms with Crippen molar-refractivity contribution in [2.75, 3.05) is 0 Å². The van der Waals surface area contributed by atoms with E-state index < -0.39 is 11.6 Å². The maximum atomic E-state index is 13.5. The first kappa shape index (κ1) is 16.9. The van der Waals surface area contributed by atoms with Crippen molar-refractivity contribution in [3.05, 3.63) is 35.4 Å². The van der Waals surface area contributed by atoms with Crippen molar-refractivity contribution in [2.24, 2.45) is 23.7 Å². The van der Waals surface area contributed by atoms with E-state index in [0.717, 1.165) is 29.7 Å². The molecule has 2 fully saturated rings. The minimum atomic E-state index is -0.734. The Kier molecular flexibility index (Phi) is 5.38. The minimum Gasteiger partial charge on any atom is -0.204 e. The first-order valence-corrected chi connectivity index (χ1v) is 9.53. The SMILES string of the molecule is CCC1CCC(C2CCC(c3ccc(F)c(F)c3)C(C)C2)CC1. The normalized spacial score (nSPS) is 35.2. The molecule has 1 aromatic rings. The molecule has 3 atom stereocenters. The van der Waals surface area contributed by atoms with Gasteiger partial charge in [0.25, 0.3) is 0 Å². The smallest absolute Gasteiger partial charge is 0.159 e. The molecule has 0 spiro atoms. The lowest BCUT2D eigenvalue weighted by Gasteiger charge is -2.41. The molecule has 128 valence electrons. The highest BCUT2D eigenvalue weighted by molar-refractivity contribution is 5.23.